The molecule has 0 aromatic rings. The summed E-state index contributed by atoms with van der Waals surface area (Å²) in [7, 11) is 2.27. The minimum absolute atomic E-state index is 0.713. The quantitative estimate of drug-likeness (QED) is 0.784. The molecule has 0 unspecified atom stereocenters. The van der Waals surface area contributed by atoms with Crippen LogP contribution < -0.4 is 0 Å². The minimum Gasteiger partial charge on any atom is -0.306 e. The molecular weight excluding hydrogens is 246 g/mol. The summed E-state index contributed by atoms with van der Waals surface area (Å²) >= 11 is 0. The lowest BCUT2D eigenvalue weighted by Crippen LogP contribution is -2.61. The second-order valence-corrected chi connectivity index (χ2v) is 8.05. The Labute approximate surface area is 125 Å². The van der Waals surface area contributed by atoms with E-state index in [4.69, 9.17) is 0 Å². The van der Waals surface area contributed by atoms with Crippen LogP contribution in [0.25, 0.3) is 0 Å². The highest BCUT2D eigenvalue weighted by Crippen LogP contribution is 2.40. The summed E-state index contributed by atoms with van der Waals surface area (Å²) in [4.78, 5) is 7.89. The second-order valence-electron chi connectivity index (χ2n) is 8.05. The zero-order chi connectivity index (χ0) is 14.2. The summed E-state index contributed by atoms with van der Waals surface area (Å²) in [6, 6.07) is 0.738. The van der Waals surface area contributed by atoms with Gasteiger partial charge in [0.25, 0.3) is 0 Å². The topological polar surface area (TPSA) is 9.72 Å². The number of rotatable bonds is 3. The summed E-state index contributed by atoms with van der Waals surface area (Å²) in [6.07, 6.45) is 5.71. The Bertz CT molecular complexity index is 304. The van der Waals surface area contributed by atoms with Gasteiger partial charge in [-0.05, 0) is 84.1 Å². The molecule has 0 radical (unpaired) electrons. The van der Waals surface area contributed by atoms with E-state index in [2.05, 4.69) is 35.6 Å². The van der Waals surface area contributed by atoms with Gasteiger partial charge in [-0.25, -0.2) is 0 Å². The Kier molecular flexibility index (Phi) is 4.40. The van der Waals surface area contributed by atoms with Crippen LogP contribution in [0.5, 0.6) is 0 Å². The van der Waals surface area contributed by atoms with E-state index in [0.717, 1.165) is 12.0 Å². The van der Waals surface area contributed by atoms with Gasteiger partial charge in [-0.1, -0.05) is 0 Å². The van der Waals surface area contributed by atoms with Gasteiger partial charge in [0.05, 0.1) is 0 Å². The lowest BCUT2D eigenvalue weighted by atomic mass is 9.71. The molecule has 0 aromatic heterocycles. The van der Waals surface area contributed by atoms with E-state index in [1.165, 1.54) is 71.5 Å². The molecule has 20 heavy (non-hydrogen) atoms. The molecule has 1 spiro atoms. The first-order chi connectivity index (χ1) is 9.56. The average molecular weight is 279 g/mol. The highest BCUT2D eigenvalue weighted by Gasteiger charge is 2.44. The van der Waals surface area contributed by atoms with Crippen molar-refractivity contribution >= 4 is 0 Å². The van der Waals surface area contributed by atoms with Gasteiger partial charge >= 0.3 is 0 Å². The van der Waals surface area contributed by atoms with Crippen molar-refractivity contribution in [2.24, 2.45) is 11.3 Å². The molecule has 3 fully saturated rings. The molecule has 3 aliphatic rings. The summed E-state index contributed by atoms with van der Waals surface area (Å²) in [5.74, 6) is 0.966. The summed E-state index contributed by atoms with van der Waals surface area (Å²) in [6.45, 7) is 14.1. The van der Waals surface area contributed by atoms with Crippen LogP contribution in [0.15, 0.2) is 0 Å². The molecule has 0 amide bonds. The van der Waals surface area contributed by atoms with Gasteiger partial charge in [0.15, 0.2) is 0 Å². The Balaban J connectivity index is 1.37. The van der Waals surface area contributed by atoms with Crippen LogP contribution >= 0.6 is 0 Å². The van der Waals surface area contributed by atoms with E-state index in [-0.39, 0.29) is 0 Å². The molecule has 3 heterocycles. The Morgan fingerprint density at radius 2 is 1.60 bits per heavy atom. The normalized spacial score (nSPS) is 30.0. The van der Waals surface area contributed by atoms with Gasteiger partial charge in [-0.3, -0.25) is 0 Å². The zero-order valence-corrected chi connectivity index (χ0v) is 13.8. The van der Waals surface area contributed by atoms with E-state index in [9.17, 15) is 0 Å². The van der Waals surface area contributed by atoms with E-state index in [1.54, 1.807) is 0 Å². The first kappa shape index (κ1) is 14.8. The van der Waals surface area contributed by atoms with E-state index < -0.39 is 0 Å². The first-order valence-electron chi connectivity index (χ1n) is 8.71. The lowest BCUT2D eigenvalue weighted by molar-refractivity contribution is -0.0537. The van der Waals surface area contributed by atoms with Crippen LogP contribution in [-0.4, -0.2) is 73.6 Å². The smallest absolute Gasteiger partial charge is 0.00516 e. The third kappa shape index (κ3) is 3.20. The number of likely N-dealkylation sites (tertiary alicyclic amines) is 3. The van der Waals surface area contributed by atoms with Crippen molar-refractivity contribution in [1.29, 1.82) is 0 Å². The third-order valence-corrected chi connectivity index (χ3v) is 6.06. The third-order valence-electron chi connectivity index (χ3n) is 6.06. The zero-order valence-electron chi connectivity index (χ0n) is 13.8. The largest absolute Gasteiger partial charge is 0.306 e. The van der Waals surface area contributed by atoms with Gasteiger partial charge in [-0.2, -0.15) is 0 Å². The van der Waals surface area contributed by atoms with Crippen LogP contribution in [0.2, 0.25) is 0 Å². The predicted octanol–water partition coefficient (Wildman–Crippen LogP) is 2.13. The Hall–Kier alpha value is -0.120. The maximum atomic E-state index is 2.75. The molecule has 0 saturated carbocycles. The van der Waals surface area contributed by atoms with Gasteiger partial charge < -0.3 is 14.7 Å². The van der Waals surface area contributed by atoms with Crippen molar-refractivity contribution in [3.63, 3.8) is 0 Å². The van der Waals surface area contributed by atoms with Crippen LogP contribution in [0, 0.1) is 11.3 Å². The van der Waals surface area contributed by atoms with E-state index >= 15 is 0 Å². The first-order valence-corrected chi connectivity index (χ1v) is 8.71. The van der Waals surface area contributed by atoms with Crippen LogP contribution in [-0.2, 0) is 0 Å². The number of hydrogen-bond acceptors (Lipinski definition) is 3. The molecule has 116 valence electrons. The highest BCUT2D eigenvalue weighted by atomic mass is 15.2. The van der Waals surface area contributed by atoms with Crippen LogP contribution in [0.4, 0.5) is 0 Å². The second kappa shape index (κ2) is 5.94. The molecule has 0 aromatic carbocycles. The van der Waals surface area contributed by atoms with E-state index in [0.29, 0.717) is 5.41 Å². The van der Waals surface area contributed by atoms with Crippen LogP contribution in [0.3, 0.4) is 0 Å². The standard InChI is InChI=1S/C17H33N3/c1-15(2)20-8-4-16(5-9-20)12-19-13-17(14-19)6-10-18(3)11-7-17/h15-16H,4-14H2,1-3H3. The number of hydrogen-bond donors (Lipinski definition) is 0. The molecule has 0 bridgehead atoms. The Morgan fingerprint density at radius 3 is 2.15 bits per heavy atom. The summed E-state index contributed by atoms with van der Waals surface area (Å²) in [5, 5.41) is 0. The van der Waals surface area contributed by atoms with Gasteiger partial charge in [-0.15, -0.1) is 0 Å². The van der Waals surface area contributed by atoms with Crippen molar-refractivity contribution in [2.75, 3.05) is 52.9 Å². The SMILES string of the molecule is CC(C)N1CCC(CN2CC3(CCN(C)CC3)C2)CC1. The highest BCUT2D eigenvalue weighted by molar-refractivity contribution is 4.98. The lowest BCUT2D eigenvalue weighted by Gasteiger charge is -2.55. The van der Waals surface area contributed by atoms with Crippen molar-refractivity contribution in [2.45, 2.75) is 45.6 Å². The Morgan fingerprint density at radius 1 is 1.00 bits per heavy atom. The van der Waals surface area contributed by atoms with Crippen molar-refractivity contribution < 1.29 is 0 Å². The molecule has 0 N–H and O–H groups in total. The monoisotopic (exact) mass is 279 g/mol. The number of nitrogens with zero attached hydrogens (tertiary/aromatic N) is 3. The number of piperidine rings is 2. The molecule has 0 aliphatic carbocycles. The molecule has 3 nitrogen and oxygen atoms in total. The van der Waals surface area contributed by atoms with Gasteiger partial charge in [0.2, 0.25) is 0 Å². The molecule has 3 heteroatoms. The fourth-order valence-electron chi connectivity index (χ4n) is 4.46. The molecule has 3 saturated heterocycles. The fourth-order valence-corrected chi connectivity index (χ4v) is 4.46. The predicted molar refractivity (Wildman–Crippen MR) is 85.0 cm³/mol. The summed E-state index contributed by atoms with van der Waals surface area (Å²) in [5.41, 5.74) is 0.713. The fraction of sp³-hybridized carbons (Fsp3) is 1.00. The molecular formula is C17H33N3. The van der Waals surface area contributed by atoms with Gasteiger partial charge in [0, 0.05) is 25.7 Å². The molecule has 3 aliphatic heterocycles. The van der Waals surface area contributed by atoms with Crippen molar-refractivity contribution in [1.82, 2.24) is 14.7 Å². The van der Waals surface area contributed by atoms with Crippen molar-refractivity contribution in [3.05, 3.63) is 0 Å². The maximum Gasteiger partial charge on any atom is 0.00516 e. The minimum atomic E-state index is 0.713. The van der Waals surface area contributed by atoms with Gasteiger partial charge in [0.1, 0.15) is 0 Å². The average Bonchev–Trinajstić information content (AvgIpc) is 2.40. The van der Waals surface area contributed by atoms with Crippen LogP contribution in [0.1, 0.15) is 39.5 Å². The van der Waals surface area contributed by atoms with E-state index in [1.807, 2.05) is 0 Å². The molecule has 0 atom stereocenters. The summed E-state index contributed by atoms with van der Waals surface area (Å²) < 4.78 is 0. The van der Waals surface area contributed by atoms with Crippen molar-refractivity contribution in [3.8, 4) is 0 Å². The molecule has 3 rings (SSSR count). The maximum absolute atomic E-state index is 2.75.